The van der Waals surface area contributed by atoms with Crippen molar-refractivity contribution >= 4 is 9.84 Å². The van der Waals surface area contributed by atoms with Crippen LogP contribution in [0, 0.1) is 6.92 Å². The van der Waals surface area contributed by atoms with E-state index in [0.29, 0.717) is 18.0 Å². The predicted molar refractivity (Wildman–Crippen MR) is 88.9 cm³/mol. The number of ether oxygens (including phenoxy) is 1. The van der Waals surface area contributed by atoms with Crippen LogP contribution in [0.2, 0.25) is 0 Å². The Morgan fingerprint density at radius 3 is 2.32 bits per heavy atom. The molecule has 22 heavy (non-hydrogen) atoms. The lowest BCUT2D eigenvalue weighted by Gasteiger charge is -2.10. The fraction of sp³-hybridized carbons (Fsp3) is 0.294. The highest BCUT2D eigenvalue weighted by Gasteiger charge is 2.08. The van der Waals surface area contributed by atoms with Crippen molar-refractivity contribution in [2.75, 3.05) is 19.4 Å². The quantitative estimate of drug-likeness (QED) is 0.831. The van der Waals surface area contributed by atoms with Crippen molar-refractivity contribution in [3.63, 3.8) is 0 Å². The molecule has 118 valence electrons. The first-order valence-electron chi connectivity index (χ1n) is 7.15. The minimum atomic E-state index is -3.17. The number of hydrogen-bond donors (Lipinski definition) is 1. The summed E-state index contributed by atoms with van der Waals surface area (Å²) < 4.78 is 28.7. The molecule has 0 aromatic heterocycles. The molecule has 0 heterocycles. The van der Waals surface area contributed by atoms with Crippen molar-refractivity contribution in [3.05, 3.63) is 48.0 Å². The summed E-state index contributed by atoms with van der Waals surface area (Å²) in [5.74, 6) is 0.802. The van der Waals surface area contributed by atoms with Crippen LogP contribution in [0.15, 0.2) is 47.4 Å². The van der Waals surface area contributed by atoms with Gasteiger partial charge in [-0.05, 0) is 60.8 Å². The van der Waals surface area contributed by atoms with Gasteiger partial charge in [0.1, 0.15) is 5.75 Å². The highest BCUT2D eigenvalue weighted by Crippen LogP contribution is 2.27. The molecule has 0 saturated heterocycles. The second-order valence-electron chi connectivity index (χ2n) is 5.32. The third-order valence-electron chi connectivity index (χ3n) is 3.28. The lowest BCUT2D eigenvalue weighted by molar-refractivity contribution is 0.313. The maximum atomic E-state index is 11.5. The second-order valence-corrected chi connectivity index (χ2v) is 7.34. The first-order valence-corrected chi connectivity index (χ1v) is 9.04. The van der Waals surface area contributed by atoms with Gasteiger partial charge >= 0.3 is 0 Å². The van der Waals surface area contributed by atoms with Crippen molar-refractivity contribution in [2.24, 2.45) is 5.73 Å². The van der Waals surface area contributed by atoms with Gasteiger partial charge in [0.25, 0.3) is 0 Å². The number of hydrogen-bond acceptors (Lipinski definition) is 4. The molecule has 0 aliphatic carbocycles. The Bertz CT molecular complexity index is 737. The van der Waals surface area contributed by atoms with E-state index in [1.807, 2.05) is 37.3 Å². The zero-order valence-electron chi connectivity index (χ0n) is 12.9. The van der Waals surface area contributed by atoms with E-state index in [0.717, 1.165) is 28.9 Å². The fourth-order valence-corrected chi connectivity index (χ4v) is 2.80. The summed E-state index contributed by atoms with van der Waals surface area (Å²) >= 11 is 0. The van der Waals surface area contributed by atoms with E-state index < -0.39 is 9.84 Å². The van der Waals surface area contributed by atoms with Gasteiger partial charge in [0.2, 0.25) is 0 Å². The molecule has 0 bridgehead atoms. The van der Waals surface area contributed by atoms with Crippen LogP contribution in [0.4, 0.5) is 0 Å². The average molecular weight is 319 g/mol. The molecule has 2 rings (SSSR count). The molecule has 2 aromatic carbocycles. The van der Waals surface area contributed by atoms with Crippen LogP contribution in [0.25, 0.3) is 11.1 Å². The molecule has 0 radical (unpaired) electrons. The molecule has 0 spiro atoms. The van der Waals surface area contributed by atoms with E-state index in [2.05, 4.69) is 0 Å². The van der Waals surface area contributed by atoms with Crippen LogP contribution in [-0.2, 0) is 9.84 Å². The van der Waals surface area contributed by atoms with Gasteiger partial charge in [0.15, 0.2) is 9.84 Å². The maximum absolute atomic E-state index is 11.5. The van der Waals surface area contributed by atoms with Crippen molar-refractivity contribution < 1.29 is 13.2 Å². The Morgan fingerprint density at radius 1 is 1.05 bits per heavy atom. The molecule has 0 fully saturated rings. The lowest BCUT2D eigenvalue weighted by Crippen LogP contribution is -2.06. The average Bonchev–Trinajstić information content (AvgIpc) is 2.46. The summed E-state index contributed by atoms with van der Waals surface area (Å²) in [7, 11) is -3.17. The number of benzene rings is 2. The zero-order valence-corrected chi connectivity index (χ0v) is 13.7. The van der Waals surface area contributed by atoms with Crippen LogP contribution < -0.4 is 10.5 Å². The predicted octanol–water partition coefficient (Wildman–Crippen LogP) is 2.79. The summed E-state index contributed by atoms with van der Waals surface area (Å²) in [5, 5.41) is 0. The molecule has 4 nitrogen and oxygen atoms in total. The molecule has 5 heteroatoms. The van der Waals surface area contributed by atoms with E-state index in [9.17, 15) is 8.42 Å². The minimum Gasteiger partial charge on any atom is -0.494 e. The third kappa shape index (κ3) is 4.32. The lowest BCUT2D eigenvalue weighted by atomic mass is 10.0. The molecule has 0 unspecified atom stereocenters. The van der Waals surface area contributed by atoms with Crippen LogP contribution in [-0.4, -0.2) is 27.8 Å². The highest BCUT2D eigenvalue weighted by atomic mass is 32.2. The summed E-state index contributed by atoms with van der Waals surface area (Å²) in [6.07, 6.45) is 2.02. The van der Waals surface area contributed by atoms with Crippen molar-refractivity contribution in [1.29, 1.82) is 0 Å². The molecule has 0 amide bonds. The molecule has 0 aliphatic rings. The van der Waals surface area contributed by atoms with Crippen molar-refractivity contribution in [2.45, 2.75) is 18.2 Å². The van der Waals surface area contributed by atoms with E-state index >= 15 is 0 Å². The molecule has 0 aliphatic heterocycles. The van der Waals surface area contributed by atoms with Gasteiger partial charge in [-0.3, -0.25) is 0 Å². The maximum Gasteiger partial charge on any atom is 0.175 e. The van der Waals surface area contributed by atoms with Crippen LogP contribution >= 0.6 is 0 Å². The largest absolute Gasteiger partial charge is 0.494 e. The number of aryl methyl sites for hydroxylation is 1. The van der Waals surface area contributed by atoms with Crippen LogP contribution in [0.5, 0.6) is 5.75 Å². The topological polar surface area (TPSA) is 69.4 Å². The Kier molecular flexibility index (Phi) is 5.21. The summed E-state index contributed by atoms with van der Waals surface area (Å²) in [6.45, 7) is 3.20. The Labute approximate surface area is 131 Å². The fourth-order valence-electron chi connectivity index (χ4n) is 2.17. The van der Waals surface area contributed by atoms with Crippen molar-refractivity contribution in [1.82, 2.24) is 0 Å². The first kappa shape index (κ1) is 16.5. The molecular formula is C17H21NO3S. The van der Waals surface area contributed by atoms with E-state index in [4.69, 9.17) is 10.5 Å². The Hall–Kier alpha value is -1.85. The van der Waals surface area contributed by atoms with Gasteiger partial charge in [-0.1, -0.05) is 18.2 Å². The van der Waals surface area contributed by atoms with Gasteiger partial charge in [-0.2, -0.15) is 0 Å². The van der Waals surface area contributed by atoms with E-state index in [-0.39, 0.29) is 0 Å². The van der Waals surface area contributed by atoms with Gasteiger partial charge in [-0.25, -0.2) is 8.42 Å². The summed E-state index contributed by atoms with van der Waals surface area (Å²) in [6, 6.07) is 12.9. The molecule has 2 aromatic rings. The number of sulfone groups is 1. The van der Waals surface area contributed by atoms with Gasteiger partial charge in [0, 0.05) is 6.26 Å². The summed E-state index contributed by atoms with van der Waals surface area (Å²) in [4.78, 5) is 0.323. The number of rotatable bonds is 6. The SMILES string of the molecule is Cc1cc(OCCCN)cc(-c2ccc(S(C)(=O)=O)cc2)c1. The monoisotopic (exact) mass is 319 g/mol. The van der Waals surface area contributed by atoms with E-state index in [1.54, 1.807) is 12.1 Å². The Morgan fingerprint density at radius 2 is 1.73 bits per heavy atom. The Balaban J connectivity index is 2.28. The highest BCUT2D eigenvalue weighted by molar-refractivity contribution is 7.90. The number of nitrogens with two attached hydrogens (primary N) is 1. The molecule has 2 N–H and O–H groups in total. The van der Waals surface area contributed by atoms with Gasteiger partial charge in [-0.15, -0.1) is 0 Å². The van der Waals surface area contributed by atoms with Gasteiger partial charge in [0.05, 0.1) is 11.5 Å². The second kappa shape index (κ2) is 6.94. The van der Waals surface area contributed by atoms with Crippen LogP contribution in [0.3, 0.4) is 0 Å². The third-order valence-corrected chi connectivity index (χ3v) is 4.41. The molecule has 0 saturated carbocycles. The van der Waals surface area contributed by atoms with Crippen molar-refractivity contribution in [3.8, 4) is 16.9 Å². The zero-order chi connectivity index (χ0) is 16.2. The molecular weight excluding hydrogens is 298 g/mol. The standard InChI is InChI=1S/C17H21NO3S/c1-13-10-15(12-16(11-13)21-9-3-8-18)14-4-6-17(7-5-14)22(2,19)20/h4-7,10-12H,3,8-9,18H2,1-2H3. The summed E-state index contributed by atoms with van der Waals surface area (Å²) in [5.41, 5.74) is 8.51. The molecule has 0 atom stereocenters. The van der Waals surface area contributed by atoms with Crippen LogP contribution in [0.1, 0.15) is 12.0 Å². The normalized spacial score (nSPS) is 11.4. The van der Waals surface area contributed by atoms with Gasteiger partial charge < -0.3 is 10.5 Å². The first-order chi connectivity index (χ1) is 10.4. The minimum absolute atomic E-state index is 0.323. The van der Waals surface area contributed by atoms with E-state index in [1.165, 1.54) is 6.26 Å². The smallest absolute Gasteiger partial charge is 0.175 e.